The van der Waals surface area contributed by atoms with Gasteiger partial charge in [-0.15, -0.1) is 0 Å². The van der Waals surface area contributed by atoms with Crippen LogP contribution in [0.25, 0.3) is 10.4 Å². The molecule has 0 radical (unpaired) electrons. The molecule has 2 aliphatic rings. The molecule has 0 aromatic heterocycles. The third kappa shape index (κ3) is 4.03. The molecule has 8 heteroatoms. The monoisotopic (exact) mass is 399 g/mol. The van der Waals surface area contributed by atoms with Crippen molar-refractivity contribution in [2.45, 2.75) is 47.9 Å². The highest BCUT2D eigenvalue weighted by atomic mass is 32.2. The highest BCUT2D eigenvalue weighted by Gasteiger charge is 2.49. The maximum absolute atomic E-state index is 10.8. The van der Waals surface area contributed by atoms with Gasteiger partial charge in [-0.2, -0.15) is 0 Å². The van der Waals surface area contributed by atoms with Crippen molar-refractivity contribution in [3.63, 3.8) is 0 Å². The summed E-state index contributed by atoms with van der Waals surface area (Å²) in [6.07, 6.45) is -2.60. The molecular weight excluding hydrogens is 378 g/mol. The van der Waals surface area contributed by atoms with Gasteiger partial charge in [-0.25, -0.2) is 0 Å². The first-order valence-corrected chi connectivity index (χ1v) is 9.97. The summed E-state index contributed by atoms with van der Waals surface area (Å²) in [5, 5.41) is 14.7. The van der Waals surface area contributed by atoms with E-state index in [1.54, 1.807) is 0 Å². The van der Waals surface area contributed by atoms with Crippen LogP contribution >= 0.6 is 11.8 Å². The molecule has 0 bridgehead atoms. The molecule has 4 rings (SSSR count). The second-order valence-electron chi connectivity index (χ2n) is 6.84. The summed E-state index contributed by atoms with van der Waals surface area (Å²) < 4.78 is 18.0. The van der Waals surface area contributed by atoms with Gasteiger partial charge in [0.15, 0.2) is 6.29 Å². The minimum Gasteiger partial charge on any atom is -0.389 e. The fourth-order valence-electron chi connectivity index (χ4n) is 3.40. The highest BCUT2D eigenvalue weighted by molar-refractivity contribution is 7.99. The van der Waals surface area contributed by atoms with Gasteiger partial charge in [0.1, 0.15) is 23.7 Å². The first kappa shape index (κ1) is 19.3. The smallest absolute Gasteiger partial charge is 0.184 e. The lowest BCUT2D eigenvalue weighted by Gasteiger charge is -2.46. The second kappa shape index (κ2) is 8.53. The molecule has 0 amide bonds. The molecule has 2 aromatic rings. The van der Waals surface area contributed by atoms with E-state index >= 15 is 0 Å². The topological polar surface area (TPSA) is 96.7 Å². The molecule has 6 atom stereocenters. The molecule has 2 fully saturated rings. The first-order chi connectivity index (χ1) is 13.7. The molecule has 2 aliphatic heterocycles. The number of aryl methyl sites for hydroxylation is 1. The van der Waals surface area contributed by atoms with Crippen molar-refractivity contribution < 1.29 is 19.3 Å². The van der Waals surface area contributed by atoms with Gasteiger partial charge >= 0.3 is 0 Å². The zero-order chi connectivity index (χ0) is 19.5. The number of aliphatic hydroxyl groups is 1. The number of fused-ring (bicyclic) bond motifs is 1. The number of nitrogens with zero attached hydrogens (tertiary/aromatic N) is 3. The predicted octanol–water partition coefficient (Wildman–Crippen LogP) is 3.97. The molecule has 0 saturated carbocycles. The zero-order valence-electron chi connectivity index (χ0n) is 15.3. The normalized spacial score (nSPS) is 32.2. The van der Waals surface area contributed by atoms with Crippen LogP contribution in [0.3, 0.4) is 0 Å². The number of benzene rings is 2. The lowest BCUT2D eigenvalue weighted by atomic mass is 9.97. The SMILES string of the molecule is Cc1ccc(S[C@@H]2OC3COC(c4ccccc4)O[C@@H]3C(N=[N+]=[N-])[C@@H]2O)cc1. The second-order valence-corrected chi connectivity index (χ2v) is 8.01. The van der Waals surface area contributed by atoms with Crippen molar-refractivity contribution in [1.82, 2.24) is 0 Å². The summed E-state index contributed by atoms with van der Waals surface area (Å²) in [7, 11) is 0. The molecule has 2 heterocycles. The summed E-state index contributed by atoms with van der Waals surface area (Å²) in [4.78, 5) is 3.90. The summed E-state index contributed by atoms with van der Waals surface area (Å²) in [6.45, 7) is 2.31. The predicted molar refractivity (Wildman–Crippen MR) is 105 cm³/mol. The Morgan fingerprint density at radius 1 is 1.11 bits per heavy atom. The van der Waals surface area contributed by atoms with Crippen molar-refractivity contribution >= 4 is 11.8 Å². The van der Waals surface area contributed by atoms with E-state index in [0.29, 0.717) is 6.61 Å². The zero-order valence-corrected chi connectivity index (χ0v) is 16.1. The van der Waals surface area contributed by atoms with Gasteiger partial charge in [0, 0.05) is 15.4 Å². The van der Waals surface area contributed by atoms with Gasteiger partial charge in [-0.1, -0.05) is 64.9 Å². The van der Waals surface area contributed by atoms with Crippen LogP contribution in [-0.2, 0) is 14.2 Å². The number of azide groups is 1. The number of thioether (sulfide) groups is 1. The van der Waals surface area contributed by atoms with Gasteiger partial charge in [0.05, 0.1) is 12.6 Å². The minimum atomic E-state index is -1.00. The van der Waals surface area contributed by atoms with Gasteiger partial charge in [0.25, 0.3) is 0 Å². The van der Waals surface area contributed by atoms with Gasteiger partial charge in [0.2, 0.25) is 0 Å². The summed E-state index contributed by atoms with van der Waals surface area (Å²) >= 11 is 1.40. The Hall–Kier alpha value is -2.06. The molecule has 2 saturated heterocycles. The third-order valence-electron chi connectivity index (χ3n) is 4.86. The van der Waals surface area contributed by atoms with Gasteiger partial charge < -0.3 is 19.3 Å². The van der Waals surface area contributed by atoms with Crippen molar-refractivity contribution in [1.29, 1.82) is 0 Å². The Kier molecular flexibility index (Phi) is 5.87. The number of rotatable bonds is 4. The van der Waals surface area contributed by atoms with Gasteiger partial charge in [-0.05, 0) is 24.6 Å². The van der Waals surface area contributed by atoms with E-state index in [9.17, 15) is 5.11 Å². The molecule has 0 spiro atoms. The molecular formula is C20H21N3O4S. The standard InChI is InChI=1S/C20H21N3O4S/c1-12-7-9-14(10-8-12)28-20-17(24)16(22-23-21)18-15(26-20)11-25-19(27-18)13-5-3-2-4-6-13/h2-10,15-20,24H,11H2,1H3/t15?,16?,17-,18-,19?,20-/m0/s1. The maximum Gasteiger partial charge on any atom is 0.184 e. The number of aliphatic hydroxyl groups excluding tert-OH is 1. The van der Waals surface area contributed by atoms with E-state index in [1.165, 1.54) is 11.8 Å². The lowest BCUT2D eigenvalue weighted by molar-refractivity contribution is -0.297. The summed E-state index contributed by atoms with van der Waals surface area (Å²) in [6, 6.07) is 16.7. The fourth-order valence-corrected chi connectivity index (χ4v) is 4.46. The quantitative estimate of drug-likeness (QED) is 0.477. The number of ether oxygens (including phenoxy) is 3. The van der Waals surface area contributed by atoms with Crippen LogP contribution in [0.15, 0.2) is 64.6 Å². The van der Waals surface area contributed by atoms with Gasteiger partial charge in [-0.3, -0.25) is 0 Å². The van der Waals surface area contributed by atoms with Crippen molar-refractivity contribution in [3.05, 3.63) is 76.2 Å². The summed E-state index contributed by atoms with van der Waals surface area (Å²) in [5.41, 5.74) is 10.5. The molecule has 2 aromatic carbocycles. The Labute approximate surface area is 167 Å². The molecule has 0 aliphatic carbocycles. The Bertz CT molecular complexity index is 844. The van der Waals surface area contributed by atoms with E-state index in [0.717, 1.165) is 16.0 Å². The Morgan fingerprint density at radius 3 is 2.57 bits per heavy atom. The van der Waals surface area contributed by atoms with E-state index in [4.69, 9.17) is 19.7 Å². The molecule has 3 unspecified atom stereocenters. The first-order valence-electron chi connectivity index (χ1n) is 9.09. The van der Waals surface area contributed by atoms with Crippen LogP contribution < -0.4 is 0 Å². The molecule has 1 N–H and O–H groups in total. The Morgan fingerprint density at radius 2 is 1.86 bits per heavy atom. The van der Waals surface area contributed by atoms with Crippen molar-refractivity contribution in [3.8, 4) is 0 Å². The van der Waals surface area contributed by atoms with Crippen LogP contribution in [-0.4, -0.2) is 41.5 Å². The van der Waals surface area contributed by atoms with Crippen molar-refractivity contribution in [2.24, 2.45) is 5.11 Å². The van der Waals surface area contributed by atoms with Crippen LogP contribution in [0.1, 0.15) is 17.4 Å². The fraction of sp³-hybridized carbons (Fsp3) is 0.400. The molecule has 7 nitrogen and oxygen atoms in total. The molecule has 28 heavy (non-hydrogen) atoms. The Balaban J connectivity index is 1.53. The maximum atomic E-state index is 10.8. The van der Waals surface area contributed by atoms with Crippen molar-refractivity contribution in [2.75, 3.05) is 6.61 Å². The van der Waals surface area contributed by atoms with Crippen LogP contribution in [0.2, 0.25) is 0 Å². The highest BCUT2D eigenvalue weighted by Crippen LogP contribution is 2.39. The summed E-state index contributed by atoms with van der Waals surface area (Å²) in [5.74, 6) is 0. The minimum absolute atomic E-state index is 0.291. The average Bonchev–Trinajstić information content (AvgIpc) is 2.73. The van der Waals surface area contributed by atoms with Crippen LogP contribution in [0, 0.1) is 6.92 Å². The number of hydrogen-bond acceptors (Lipinski definition) is 6. The average molecular weight is 399 g/mol. The lowest BCUT2D eigenvalue weighted by Crippen LogP contribution is -2.60. The van der Waals surface area contributed by atoms with E-state index in [1.807, 2.05) is 61.5 Å². The van der Waals surface area contributed by atoms with E-state index < -0.39 is 36.1 Å². The number of hydrogen-bond donors (Lipinski definition) is 1. The van der Waals surface area contributed by atoms with Crippen LogP contribution in [0.5, 0.6) is 0 Å². The van der Waals surface area contributed by atoms with E-state index in [-0.39, 0.29) is 0 Å². The van der Waals surface area contributed by atoms with E-state index in [2.05, 4.69) is 10.0 Å². The molecule has 146 valence electrons. The largest absolute Gasteiger partial charge is 0.389 e. The van der Waals surface area contributed by atoms with Crippen LogP contribution in [0.4, 0.5) is 0 Å². The third-order valence-corrected chi connectivity index (χ3v) is 6.03.